The molecule has 0 atom stereocenters. The Bertz CT molecular complexity index is 600. The fourth-order valence-corrected chi connectivity index (χ4v) is 4.92. The van der Waals surface area contributed by atoms with Gasteiger partial charge < -0.3 is 5.73 Å². The lowest BCUT2D eigenvalue weighted by molar-refractivity contribution is 0.296. The first kappa shape index (κ1) is 19.4. The topological polar surface area (TPSA) is 72.2 Å². The summed E-state index contributed by atoms with van der Waals surface area (Å²) >= 11 is 0. The van der Waals surface area contributed by atoms with E-state index in [4.69, 9.17) is 5.73 Å². The first-order valence-corrected chi connectivity index (χ1v) is 9.08. The fourth-order valence-electron chi connectivity index (χ4n) is 3.33. The van der Waals surface area contributed by atoms with Gasteiger partial charge >= 0.3 is 0 Å². The molecule has 0 radical (unpaired) electrons. The van der Waals surface area contributed by atoms with E-state index in [1.54, 1.807) is 0 Å². The standard InChI is InChI=1S/C16H26N2O2S.ClH/c1-12-9-13(2)15(14(3)10-12)21(19,20)18-11-16(17)7-5-4-6-8-16;/h9-10,18H,4-8,11,17H2,1-3H3;1H. The minimum absolute atomic E-state index is 0. The molecule has 1 fully saturated rings. The first-order valence-electron chi connectivity index (χ1n) is 7.60. The minimum atomic E-state index is -3.51. The SMILES string of the molecule is Cc1cc(C)c(S(=O)(=O)NCC2(N)CCCCC2)c(C)c1.Cl. The van der Waals surface area contributed by atoms with Crippen molar-refractivity contribution in [3.05, 3.63) is 28.8 Å². The summed E-state index contributed by atoms with van der Waals surface area (Å²) in [6, 6.07) is 3.81. The highest BCUT2D eigenvalue weighted by Crippen LogP contribution is 2.26. The quantitative estimate of drug-likeness (QED) is 0.880. The lowest BCUT2D eigenvalue weighted by Gasteiger charge is -2.33. The van der Waals surface area contributed by atoms with Crippen molar-refractivity contribution in [2.45, 2.75) is 63.3 Å². The molecular formula is C16H27ClN2O2S. The molecule has 0 spiro atoms. The van der Waals surface area contributed by atoms with E-state index < -0.39 is 15.6 Å². The van der Waals surface area contributed by atoms with Gasteiger partial charge in [0.05, 0.1) is 4.90 Å². The Morgan fingerprint density at radius 3 is 2.09 bits per heavy atom. The maximum atomic E-state index is 12.6. The van der Waals surface area contributed by atoms with Crippen molar-refractivity contribution in [3.63, 3.8) is 0 Å². The summed E-state index contributed by atoms with van der Waals surface area (Å²) in [6.07, 6.45) is 5.15. The largest absolute Gasteiger partial charge is 0.324 e. The van der Waals surface area contributed by atoms with Crippen LogP contribution in [0.3, 0.4) is 0 Å². The van der Waals surface area contributed by atoms with Crippen molar-refractivity contribution in [2.24, 2.45) is 5.73 Å². The summed E-state index contributed by atoms with van der Waals surface area (Å²) in [5.41, 5.74) is 8.58. The number of aryl methyl sites for hydroxylation is 3. The average Bonchev–Trinajstić information content (AvgIpc) is 2.36. The number of halogens is 1. The highest BCUT2D eigenvalue weighted by molar-refractivity contribution is 7.89. The molecule has 1 aromatic rings. The van der Waals surface area contributed by atoms with Crippen LogP contribution in [0.2, 0.25) is 0 Å². The predicted molar refractivity (Wildman–Crippen MR) is 93.1 cm³/mol. The Morgan fingerprint density at radius 1 is 1.09 bits per heavy atom. The third-order valence-electron chi connectivity index (χ3n) is 4.34. The molecule has 126 valence electrons. The van der Waals surface area contributed by atoms with E-state index in [1.165, 1.54) is 6.42 Å². The third kappa shape index (κ3) is 4.44. The van der Waals surface area contributed by atoms with Gasteiger partial charge in [-0.25, -0.2) is 13.1 Å². The number of nitrogens with one attached hydrogen (secondary N) is 1. The van der Waals surface area contributed by atoms with E-state index in [-0.39, 0.29) is 12.4 Å². The third-order valence-corrected chi connectivity index (χ3v) is 6.04. The molecule has 1 saturated carbocycles. The minimum Gasteiger partial charge on any atom is -0.324 e. The molecule has 0 bridgehead atoms. The zero-order valence-corrected chi connectivity index (χ0v) is 15.2. The maximum Gasteiger partial charge on any atom is 0.241 e. The van der Waals surface area contributed by atoms with Gasteiger partial charge in [-0.15, -0.1) is 12.4 Å². The Kier molecular flexibility index (Phi) is 6.45. The molecule has 0 unspecified atom stereocenters. The Labute approximate surface area is 140 Å². The highest BCUT2D eigenvalue weighted by Gasteiger charge is 2.30. The maximum absolute atomic E-state index is 12.6. The van der Waals surface area contributed by atoms with Crippen LogP contribution >= 0.6 is 12.4 Å². The van der Waals surface area contributed by atoms with Gasteiger partial charge in [0.25, 0.3) is 0 Å². The number of hydrogen-bond acceptors (Lipinski definition) is 3. The van der Waals surface area contributed by atoms with E-state index in [0.717, 1.165) is 42.4 Å². The normalized spacial score (nSPS) is 17.8. The van der Waals surface area contributed by atoms with Gasteiger partial charge in [-0.3, -0.25) is 0 Å². The van der Waals surface area contributed by atoms with Crippen molar-refractivity contribution >= 4 is 22.4 Å². The molecule has 0 aromatic heterocycles. The molecule has 1 aliphatic rings. The van der Waals surface area contributed by atoms with Gasteiger partial charge in [0.2, 0.25) is 10.0 Å². The van der Waals surface area contributed by atoms with Crippen LogP contribution in [0, 0.1) is 20.8 Å². The molecule has 0 saturated heterocycles. The summed E-state index contributed by atoms with van der Waals surface area (Å²) < 4.78 is 27.9. The van der Waals surface area contributed by atoms with Crippen molar-refractivity contribution in [1.82, 2.24) is 4.72 Å². The zero-order chi connectivity index (χ0) is 15.7. The molecule has 2 rings (SSSR count). The molecule has 22 heavy (non-hydrogen) atoms. The van der Waals surface area contributed by atoms with Crippen molar-refractivity contribution < 1.29 is 8.42 Å². The van der Waals surface area contributed by atoms with Gasteiger partial charge in [0.15, 0.2) is 0 Å². The fraction of sp³-hybridized carbons (Fsp3) is 0.625. The number of rotatable bonds is 4. The molecule has 0 heterocycles. The van der Waals surface area contributed by atoms with Crippen LogP contribution in [0.1, 0.15) is 48.8 Å². The van der Waals surface area contributed by atoms with Crippen LogP contribution in [0.5, 0.6) is 0 Å². The molecule has 4 nitrogen and oxygen atoms in total. The van der Waals surface area contributed by atoms with Gasteiger partial charge in [0, 0.05) is 12.1 Å². The lowest BCUT2D eigenvalue weighted by Crippen LogP contribution is -2.51. The summed E-state index contributed by atoms with van der Waals surface area (Å²) in [5.74, 6) is 0. The molecular weight excluding hydrogens is 320 g/mol. The molecule has 0 aliphatic heterocycles. The summed E-state index contributed by atoms with van der Waals surface area (Å²) in [6.45, 7) is 5.98. The summed E-state index contributed by atoms with van der Waals surface area (Å²) in [7, 11) is -3.51. The van der Waals surface area contributed by atoms with E-state index in [1.807, 2.05) is 32.9 Å². The Balaban J connectivity index is 0.00000242. The number of hydrogen-bond donors (Lipinski definition) is 2. The van der Waals surface area contributed by atoms with Gasteiger partial charge in [-0.2, -0.15) is 0 Å². The van der Waals surface area contributed by atoms with Crippen LogP contribution in [0.15, 0.2) is 17.0 Å². The van der Waals surface area contributed by atoms with E-state index in [0.29, 0.717) is 11.4 Å². The van der Waals surface area contributed by atoms with Gasteiger partial charge in [-0.1, -0.05) is 37.0 Å². The number of sulfonamides is 1. The second-order valence-electron chi connectivity index (χ2n) is 6.48. The zero-order valence-electron chi connectivity index (χ0n) is 13.6. The van der Waals surface area contributed by atoms with Crippen LogP contribution in [-0.4, -0.2) is 20.5 Å². The van der Waals surface area contributed by atoms with Crippen molar-refractivity contribution in [1.29, 1.82) is 0 Å². The van der Waals surface area contributed by atoms with Gasteiger partial charge in [-0.05, 0) is 44.7 Å². The van der Waals surface area contributed by atoms with Crippen LogP contribution in [-0.2, 0) is 10.0 Å². The molecule has 1 aromatic carbocycles. The summed E-state index contributed by atoms with van der Waals surface area (Å²) in [5, 5.41) is 0. The number of nitrogens with two attached hydrogens (primary N) is 1. The van der Waals surface area contributed by atoms with Crippen LogP contribution < -0.4 is 10.5 Å². The molecule has 0 amide bonds. The predicted octanol–water partition coefficient (Wildman–Crippen LogP) is 2.97. The molecule has 6 heteroatoms. The highest BCUT2D eigenvalue weighted by atomic mass is 35.5. The van der Waals surface area contributed by atoms with Crippen molar-refractivity contribution in [2.75, 3.05) is 6.54 Å². The first-order chi connectivity index (χ1) is 9.73. The van der Waals surface area contributed by atoms with E-state index in [2.05, 4.69) is 4.72 Å². The monoisotopic (exact) mass is 346 g/mol. The van der Waals surface area contributed by atoms with Crippen LogP contribution in [0.25, 0.3) is 0 Å². The van der Waals surface area contributed by atoms with E-state index >= 15 is 0 Å². The van der Waals surface area contributed by atoms with E-state index in [9.17, 15) is 8.42 Å². The van der Waals surface area contributed by atoms with Gasteiger partial charge in [0.1, 0.15) is 0 Å². The Morgan fingerprint density at radius 2 is 1.59 bits per heavy atom. The second kappa shape index (κ2) is 7.30. The molecule has 3 N–H and O–H groups in total. The average molecular weight is 347 g/mol. The summed E-state index contributed by atoms with van der Waals surface area (Å²) in [4.78, 5) is 0.396. The molecule has 1 aliphatic carbocycles. The smallest absolute Gasteiger partial charge is 0.241 e. The van der Waals surface area contributed by atoms with Crippen LogP contribution in [0.4, 0.5) is 0 Å². The number of benzene rings is 1. The second-order valence-corrected chi connectivity index (χ2v) is 8.18. The van der Waals surface area contributed by atoms with Crippen molar-refractivity contribution in [3.8, 4) is 0 Å². The lowest BCUT2D eigenvalue weighted by atomic mass is 9.83. The Hall–Kier alpha value is -0.620.